The summed E-state index contributed by atoms with van der Waals surface area (Å²) in [5, 5.41) is 9.51. The molecular formula is C15H19NO5. The average molecular weight is 293 g/mol. The summed E-state index contributed by atoms with van der Waals surface area (Å²) in [7, 11) is 1.33. The molecule has 1 unspecified atom stereocenters. The zero-order valence-corrected chi connectivity index (χ0v) is 12.2. The molecule has 1 heterocycles. The van der Waals surface area contributed by atoms with Crippen LogP contribution in [-0.4, -0.2) is 54.8 Å². The second-order valence-corrected chi connectivity index (χ2v) is 5.03. The normalized spacial score (nSPS) is 18.4. The number of ether oxygens (including phenoxy) is 2. The van der Waals surface area contributed by atoms with Gasteiger partial charge in [0.05, 0.1) is 26.2 Å². The Morgan fingerprint density at radius 3 is 2.90 bits per heavy atom. The number of carbonyl (C=O) groups excluding carboxylic acids is 2. The predicted octanol–water partition coefficient (Wildman–Crippen LogP) is 1.10. The first-order valence-corrected chi connectivity index (χ1v) is 6.78. The highest BCUT2D eigenvalue weighted by atomic mass is 16.5. The summed E-state index contributed by atoms with van der Waals surface area (Å²) in [5.41, 5.74) is 1.17. The Hall–Kier alpha value is -2.08. The van der Waals surface area contributed by atoms with Crippen LogP contribution in [0.3, 0.4) is 0 Å². The Kier molecular flexibility index (Phi) is 4.80. The van der Waals surface area contributed by atoms with E-state index in [0.29, 0.717) is 30.8 Å². The summed E-state index contributed by atoms with van der Waals surface area (Å²) in [6.45, 7) is 2.97. The number of rotatable bonds is 3. The summed E-state index contributed by atoms with van der Waals surface area (Å²) in [6.07, 6.45) is -0.206. The third kappa shape index (κ3) is 3.72. The fourth-order valence-corrected chi connectivity index (χ4v) is 2.27. The topological polar surface area (TPSA) is 76.1 Å². The van der Waals surface area contributed by atoms with E-state index < -0.39 is 0 Å². The molecule has 1 fully saturated rings. The number of amides is 1. The van der Waals surface area contributed by atoms with Gasteiger partial charge in [-0.25, -0.2) is 0 Å². The number of benzene rings is 1. The van der Waals surface area contributed by atoms with Crippen molar-refractivity contribution in [3.05, 3.63) is 29.3 Å². The van der Waals surface area contributed by atoms with E-state index in [1.54, 1.807) is 24.0 Å². The van der Waals surface area contributed by atoms with Crippen LogP contribution in [0.1, 0.15) is 22.3 Å². The lowest BCUT2D eigenvalue weighted by Crippen LogP contribution is -2.46. The molecule has 1 aromatic carbocycles. The second-order valence-electron chi connectivity index (χ2n) is 5.03. The van der Waals surface area contributed by atoms with Crippen LogP contribution in [0, 0.1) is 6.92 Å². The van der Waals surface area contributed by atoms with Crippen molar-refractivity contribution in [2.24, 2.45) is 0 Å². The second kappa shape index (κ2) is 6.58. The number of morpholine rings is 1. The van der Waals surface area contributed by atoms with Gasteiger partial charge in [0.1, 0.15) is 5.75 Å². The van der Waals surface area contributed by atoms with Crippen LogP contribution in [0.15, 0.2) is 18.2 Å². The lowest BCUT2D eigenvalue weighted by Gasteiger charge is -2.32. The van der Waals surface area contributed by atoms with Gasteiger partial charge in [-0.15, -0.1) is 0 Å². The molecule has 1 N–H and O–H groups in total. The number of nitrogens with zero attached hydrogens (tertiary/aromatic N) is 1. The third-order valence-electron chi connectivity index (χ3n) is 3.49. The highest BCUT2D eigenvalue weighted by Crippen LogP contribution is 2.19. The van der Waals surface area contributed by atoms with Crippen LogP contribution in [0.4, 0.5) is 0 Å². The van der Waals surface area contributed by atoms with Crippen LogP contribution < -0.4 is 0 Å². The summed E-state index contributed by atoms with van der Waals surface area (Å²) >= 11 is 0. The molecular weight excluding hydrogens is 274 g/mol. The molecule has 1 aliphatic rings. The number of phenols is 1. The highest BCUT2D eigenvalue weighted by Gasteiger charge is 2.27. The van der Waals surface area contributed by atoms with Gasteiger partial charge >= 0.3 is 5.97 Å². The molecule has 0 bridgehead atoms. The molecule has 1 aromatic rings. The molecule has 6 nitrogen and oxygen atoms in total. The molecule has 1 amide bonds. The minimum absolute atomic E-state index is 0.128. The molecule has 6 heteroatoms. The summed E-state index contributed by atoms with van der Waals surface area (Å²) in [4.78, 5) is 25.4. The maximum atomic E-state index is 12.4. The highest BCUT2D eigenvalue weighted by molar-refractivity contribution is 5.94. The standard InChI is InChI=1S/C15H19NO5/c1-10-7-11(3-4-13(10)17)15(19)16-5-6-21-12(9-16)8-14(18)20-2/h3-4,7,12,17H,5-6,8-9H2,1-2H3. The van der Waals surface area contributed by atoms with Crippen molar-refractivity contribution in [3.8, 4) is 5.75 Å². The first-order chi connectivity index (χ1) is 10.0. The molecule has 1 atom stereocenters. The Balaban J connectivity index is 2.04. The number of aromatic hydroxyl groups is 1. The molecule has 0 aliphatic carbocycles. The van der Waals surface area contributed by atoms with E-state index in [-0.39, 0.29) is 30.2 Å². The summed E-state index contributed by atoms with van der Waals surface area (Å²) in [5.74, 6) is -0.317. The summed E-state index contributed by atoms with van der Waals surface area (Å²) in [6, 6.07) is 4.76. The Morgan fingerprint density at radius 2 is 2.24 bits per heavy atom. The van der Waals surface area contributed by atoms with Crippen molar-refractivity contribution in [2.75, 3.05) is 26.8 Å². The quantitative estimate of drug-likeness (QED) is 0.845. The molecule has 114 valence electrons. The van der Waals surface area contributed by atoms with Gasteiger partial charge in [-0.3, -0.25) is 9.59 Å². The number of hydrogen-bond donors (Lipinski definition) is 1. The van der Waals surface area contributed by atoms with Gasteiger partial charge in [0.15, 0.2) is 0 Å². The van der Waals surface area contributed by atoms with Gasteiger partial charge in [-0.05, 0) is 30.7 Å². The Labute approximate surface area is 123 Å². The predicted molar refractivity (Wildman–Crippen MR) is 75.1 cm³/mol. The monoisotopic (exact) mass is 293 g/mol. The zero-order chi connectivity index (χ0) is 15.4. The van der Waals surface area contributed by atoms with Gasteiger partial charge in [-0.1, -0.05) is 0 Å². The van der Waals surface area contributed by atoms with E-state index >= 15 is 0 Å². The molecule has 0 spiro atoms. The number of aryl methyl sites for hydroxylation is 1. The average Bonchev–Trinajstić information content (AvgIpc) is 2.49. The maximum Gasteiger partial charge on any atom is 0.308 e. The van der Waals surface area contributed by atoms with Gasteiger partial charge in [-0.2, -0.15) is 0 Å². The van der Waals surface area contributed by atoms with Crippen LogP contribution in [-0.2, 0) is 14.3 Å². The third-order valence-corrected chi connectivity index (χ3v) is 3.49. The minimum atomic E-state index is -0.352. The smallest absolute Gasteiger partial charge is 0.308 e. The van der Waals surface area contributed by atoms with E-state index in [1.165, 1.54) is 13.2 Å². The largest absolute Gasteiger partial charge is 0.508 e. The van der Waals surface area contributed by atoms with Crippen molar-refractivity contribution >= 4 is 11.9 Å². The van der Waals surface area contributed by atoms with Crippen LogP contribution in [0.2, 0.25) is 0 Å². The van der Waals surface area contributed by atoms with Crippen molar-refractivity contribution in [3.63, 3.8) is 0 Å². The fourth-order valence-electron chi connectivity index (χ4n) is 2.27. The Morgan fingerprint density at radius 1 is 1.48 bits per heavy atom. The molecule has 21 heavy (non-hydrogen) atoms. The molecule has 1 saturated heterocycles. The fraction of sp³-hybridized carbons (Fsp3) is 0.467. The number of methoxy groups -OCH3 is 1. The SMILES string of the molecule is COC(=O)CC1CN(C(=O)c2ccc(O)c(C)c2)CCO1. The van der Waals surface area contributed by atoms with Crippen LogP contribution in [0.25, 0.3) is 0 Å². The first-order valence-electron chi connectivity index (χ1n) is 6.78. The Bertz CT molecular complexity index is 543. The van der Waals surface area contributed by atoms with Gasteiger partial charge in [0.2, 0.25) is 0 Å². The zero-order valence-electron chi connectivity index (χ0n) is 12.2. The minimum Gasteiger partial charge on any atom is -0.508 e. The lowest BCUT2D eigenvalue weighted by molar-refractivity contribution is -0.145. The molecule has 0 radical (unpaired) electrons. The van der Waals surface area contributed by atoms with Crippen LogP contribution in [0.5, 0.6) is 5.75 Å². The molecule has 2 rings (SSSR count). The van der Waals surface area contributed by atoms with E-state index in [2.05, 4.69) is 4.74 Å². The van der Waals surface area contributed by atoms with E-state index in [0.717, 1.165) is 0 Å². The first kappa shape index (κ1) is 15.3. The van der Waals surface area contributed by atoms with Crippen LogP contribution >= 0.6 is 0 Å². The van der Waals surface area contributed by atoms with E-state index in [4.69, 9.17) is 4.74 Å². The number of hydrogen-bond acceptors (Lipinski definition) is 5. The van der Waals surface area contributed by atoms with Crippen molar-refractivity contribution in [1.82, 2.24) is 4.90 Å². The van der Waals surface area contributed by atoms with Crippen molar-refractivity contribution in [2.45, 2.75) is 19.4 Å². The van der Waals surface area contributed by atoms with Gasteiger partial charge in [0.25, 0.3) is 5.91 Å². The molecule has 0 saturated carbocycles. The van der Waals surface area contributed by atoms with Gasteiger partial charge < -0.3 is 19.5 Å². The molecule has 0 aromatic heterocycles. The van der Waals surface area contributed by atoms with E-state index in [9.17, 15) is 14.7 Å². The van der Waals surface area contributed by atoms with Gasteiger partial charge in [0, 0.05) is 18.7 Å². The van der Waals surface area contributed by atoms with Crippen molar-refractivity contribution < 1.29 is 24.2 Å². The number of esters is 1. The number of phenolic OH excluding ortho intramolecular Hbond substituents is 1. The lowest BCUT2D eigenvalue weighted by atomic mass is 10.1. The van der Waals surface area contributed by atoms with Crippen molar-refractivity contribution in [1.29, 1.82) is 0 Å². The maximum absolute atomic E-state index is 12.4. The molecule has 1 aliphatic heterocycles. The number of carbonyl (C=O) groups is 2. The van der Waals surface area contributed by atoms with E-state index in [1.807, 2.05) is 0 Å². The summed E-state index contributed by atoms with van der Waals surface area (Å²) < 4.78 is 10.1.